The Morgan fingerprint density at radius 2 is 1.84 bits per heavy atom. The molecule has 1 aromatic heterocycles. The molecule has 194 valence electrons. The quantitative estimate of drug-likeness (QED) is 0.208. The van der Waals surface area contributed by atoms with Crippen LogP contribution in [-0.4, -0.2) is 43.0 Å². The SMILES string of the molecule is CCOc1cc(/C=C(/C#N)C(=O)Nc2nnc(C(F)(F)F)s2)ccc1OCCOc1cccc(OC)c1. The van der Waals surface area contributed by atoms with E-state index in [1.165, 1.54) is 6.08 Å². The third-order valence-corrected chi connectivity index (χ3v) is 5.37. The maximum Gasteiger partial charge on any atom is 0.445 e. The van der Waals surface area contributed by atoms with Gasteiger partial charge in [-0.3, -0.25) is 10.1 Å². The minimum Gasteiger partial charge on any atom is -0.497 e. The number of nitrogens with one attached hydrogen (secondary N) is 1. The number of alkyl halides is 3. The number of halogens is 3. The van der Waals surface area contributed by atoms with E-state index in [4.69, 9.17) is 18.9 Å². The number of carbonyl (C=O) groups excluding carboxylic acids is 1. The lowest BCUT2D eigenvalue weighted by Gasteiger charge is -2.13. The van der Waals surface area contributed by atoms with E-state index in [9.17, 15) is 23.2 Å². The van der Waals surface area contributed by atoms with Crippen LogP contribution in [0.15, 0.2) is 48.0 Å². The molecule has 0 spiro atoms. The average molecular weight is 535 g/mol. The van der Waals surface area contributed by atoms with Gasteiger partial charge < -0.3 is 18.9 Å². The van der Waals surface area contributed by atoms with Crippen molar-refractivity contribution in [1.29, 1.82) is 5.26 Å². The number of carbonyl (C=O) groups is 1. The Morgan fingerprint density at radius 3 is 2.51 bits per heavy atom. The van der Waals surface area contributed by atoms with E-state index in [0.29, 0.717) is 35.2 Å². The van der Waals surface area contributed by atoms with E-state index >= 15 is 0 Å². The van der Waals surface area contributed by atoms with Gasteiger partial charge in [-0.1, -0.05) is 23.5 Å². The van der Waals surface area contributed by atoms with Crippen LogP contribution >= 0.6 is 11.3 Å². The predicted octanol–water partition coefficient (Wildman–Crippen LogP) is 4.97. The van der Waals surface area contributed by atoms with Gasteiger partial charge in [0.15, 0.2) is 11.5 Å². The maximum absolute atomic E-state index is 12.7. The standard InChI is InChI=1S/C24H21F3N4O5S/c1-3-34-20-12-15(7-8-19(20)36-10-9-35-18-6-4-5-17(13-18)33-2)11-16(14-28)21(32)29-23-31-30-22(37-23)24(25,26)27/h4-8,11-13H,3,9-10H2,1-2H3,(H,29,31,32)/b16-11-. The number of hydrogen-bond acceptors (Lipinski definition) is 9. The van der Waals surface area contributed by atoms with E-state index in [0.717, 1.165) is 0 Å². The number of methoxy groups -OCH3 is 1. The second-order valence-corrected chi connectivity index (χ2v) is 8.03. The Hall–Kier alpha value is -4.31. The number of rotatable bonds is 11. The minimum absolute atomic E-state index is 0.154. The minimum atomic E-state index is -4.69. The second-order valence-electron chi connectivity index (χ2n) is 7.05. The van der Waals surface area contributed by atoms with Crippen molar-refractivity contribution in [3.8, 4) is 29.1 Å². The van der Waals surface area contributed by atoms with Crippen LogP contribution in [0.4, 0.5) is 18.3 Å². The summed E-state index contributed by atoms with van der Waals surface area (Å²) < 4.78 is 60.2. The number of aromatic nitrogens is 2. The van der Waals surface area contributed by atoms with Crippen molar-refractivity contribution >= 4 is 28.5 Å². The van der Waals surface area contributed by atoms with Crippen molar-refractivity contribution in [2.45, 2.75) is 13.1 Å². The zero-order valence-electron chi connectivity index (χ0n) is 19.7. The molecule has 0 radical (unpaired) electrons. The molecule has 0 aliphatic rings. The molecule has 13 heteroatoms. The summed E-state index contributed by atoms with van der Waals surface area (Å²) in [5, 5.41) is 16.2. The van der Waals surface area contributed by atoms with Crippen LogP contribution in [0.1, 0.15) is 17.5 Å². The molecule has 1 N–H and O–H groups in total. The number of anilines is 1. The summed E-state index contributed by atoms with van der Waals surface area (Å²) in [4.78, 5) is 12.4. The molecule has 3 rings (SSSR count). The van der Waals surface area contributed by atoms with Gasteiger partial charge >= 0.3 is 6.18 Å². The van der Waals surface area contributed by atoms with Crippen LogP contribution in [0.2, 0.25) is 0 Å². The molecule has 0 saturated carbocycles. The van der Waals surface area contributed by atoms with Gasteiger partial charge in [-0.25, -0.2) is 0 Å². The fourth-order valence-electron chi connectivity index (χ4n) is 2.87. The second kappa shape index (κ2) is 12.6. The molecule has 0 atom stereocenters. The molecular weight excluding hydrogens is 513 g/mol. The van der Waals surface area contributed by atoms with Gasteiger partial charge in [0.2, 0.25) is 10.1 Å². The van der Waals surface area contributed by atoms with E-state index in [-0.39, 0.29) is 35.3 Å². The van der Waals surface area contributed by atoms with E-state index in [1.54, 1.807) is 62.6 Å². The normalized spacial score (nSPS) is 11.4. The number of nitrogens with zero attached hydrogens (tertiary/aromatic N) is 3. The first-order chi connectivity index (χ1) is 17.7. The van der Waals surface area contributed by atoms with Gasteiger partial charge in [-0.05, 0) is 42.8 Å². The fraction of sp³-hybridized carbons (Fsp3) is 0.250. The zero-order chi connectivity index (χ0) is 26.8. The lowest BCUT2D eigenvalue weighted by atomic mass is 10.1. The summed E-state index contributed by atoms with van der Waals surface area (Å²) >= 11 is 0.154. The average Bonchev–Trinajstić information content (AvgIpc) is 3.35. The largest absolute Gasteiger partial charge is 0.497 e. The van der Waals surface area contributed by atoms with E-state index < -0.39 is 17.1 Å². The van der Waals surface area contributed by atoms with E-state index in [1.807, 2.05) is 0 Å². The Labute approximate surface area is 214 Å². The van der Waals surface area contributed by atoms with Gasteiger partial charge in [0.1, 0.15) is 36.4 Å². The van der Waals surface area contributed by atoms with Gasteiger partial charge in [-0.15, -0.1) is 10.2 Å². The molecule has 9 nitrogen and oxygen atoms in total. The molecule has 37 heavy (non-hydrogen) atoms. The Balaban J connectivity index is 1.66. The van der Waals surface area contributed by atoms with Gasteiger partial charge in [0, 0.05) is 6.07 Å². The highest BCUT2D eigenvalue weighted by molar-refractivity contribution is 7.15. The highest BCUT2D eigenvalue weighted by Crippen LogP contribution is 2.33. The number of amides is 1. The molecule has 0 fully saturated rings. The van der Waals surface area contributed by atoms with Crippen LogP contribution in [0.3, 0.4) is 0 Å². The number of nitriles is 1. The monoisotopic (exact) mass is 534 g/mol. The highest BCUT2D eigenvalue weighted by Gasteiger charge is 2.35. The lowest BCUT2D eigenvalue weighted by Crippen LogP contribution is -2.13. The van der Waals surface area contributed by atoms with Crippen molar-refractivity contribution in [3.05, 3.63) is 58.6 Å². The Bertz CT molecular complexity index is 1300. The molecule has 3 aromatic rings. The Kier molecular flexibility index (Phi) is 9.28. The summed E-state index contributed by atoms with van der Waals surface area (Å²) in [5.74, 6) is 1.15. The highest BCUT2D eigenvalue weighted by atomic mass is 32.1. The maximum atomic E-state index is 12.7. The zero-order valence-corrected chi connectivity index (χ0v) is 20.5. The first-order valence-corrected chi connectivity index (χ1v) is 11.6. The molecule has 1 amide bonds. The summed E-state index contributed by atoms with van der Waals surface area (Å²) in [5.41, 5.74) is 0.0786. The molecule has 0 unspecified atom stereocenters. The van der Waals surface area contributed by atoms with Crippen LogP contribution in [-0.2, 0) is 11.0 Å². The number of hydrogen-bond donors (Lipinski definition) is 1. The van der Waals surface area contributed by atoms with Crippen molar-refractivity contribution in [2.24, 2.45) is 0 Å². The van der Waals surface area contributed by atoms with Crippen molar-refractivity contribution < 1.29 is 36.9 Å². The predicted molar refractivity (Wildman–Crippen MR) is 129 cm³/mol. The Morgan fingerprint density at radius 1 is 1.08 bits per heavy atom. The van der Waals surface area contributed by atoms with Crippen LogP contribution < -0.4 is 24.3 Å². The third kappa shape index (κ3) is 7.84. The molecular formula is C24H21F3N4O5S. The molecule has 0 bridgehead atoms. The van der Waals surface area contributed by atoms with Crippen molar-refractivity contribution in [3.63, 3.8) is 0 Å². The fourth-order valence-corrected chi connectivity index (χ4v) is 3.48. The number of benzene rings is 2. The molecule has 1 heterocycles. The summed E-state index contributed by atoms with van der Waals surface area (Å²) in [6, 6.07) is 13.6. The van der Waals surface area contributed by atoms with Gasteiger partial charge in [0.05, 0.1) is 13.7 Å². The van der Waals surface area contributed by atoms with Gasteiger partial charge in [-0.2, -0.15) is 18.4 Å². The smallest absolute Gasteiger partial charge is 0.445 e. The first-order valence-electron chi connectivity index (χ1n) is 10.7. The summed E-state index contributed by atoms with van der Waals surface area (Å²) in [7, 11) is 1.56. The molecule has 0 aliphatic carbocycles. The first kappa shape index (κ1) is 27.3. The molecule has 0 aliphatic heterocycles. The molecule has 2 aromatic carbocycles. The van der Waals surface area contributed by atoms with E-state index in [2.05, 4.69) is 15.5 Å². The summed E-state index contributed by atoms with van der Waals surface area (Å²) in [6.45, 7) is 2.57. The van der Waals surface area contributed by atoms with Crippen molar-refractivity contribution in [1.82, 2.24) is 10.2 Å². The number of ether oxygens (including phenoxy) is 4. The lowest BCUT2D eigenvalue weighted by molar-refractivity contribution is -0.138. The van der Waals surface area contributed by atoms with Gasteiger partial charge in [0.25, 0.3) is 5.91 Å². The van der Waals surface area contributed by atoms with Crippen LogP contribution in [0, 0.1) is 11.3 Å². The topological polar surface area (TPSA) is 116 Å². The summed E-state index contributed by atoms with van der Waals surface area (Å²) in [6.07, 6.45) is -3.42. The van der Waals surface area contributed by atoms with Crippen molar-refractivity contribution in [2.75, 3.05) is 32.2 Å². The molecule has 0 saturated heterocycles. The third-order valence-electron chi connectivity index (χ3n) is 4.48. The van der Waals surface area contributed by atoms with Crippen LogP contribution in [0.25, 0.3) is 6.08 Å². The van der Waals surface area contributed by atoms with Crippen LogP contribution in [0.5, 0.6) is 23.0 Å².